The third kappa shape index (κ3) is 4.35. The van der Waals surface area contributed by atoms with Crippen LogP contribution in [0.4, 0.5) is 17.6 Å². The molecule has 0 N–H and O–H groups in total. The molecule has 1 unspecified atom stereocenters. The molecule has 0 fully saturated rings. The van der Waals surface area contributed by atoms with Crippen LogP contribution < -0.4 is 9.47 Å². The Morgan fingerprint density at radius 1 is 1.08 bits per heavy atom. The summed E-state index contributed by atoms with van der Waals surface area (Å²) in [7, 11) is 0.397. The Labute approximate surface area is 154 Å². The van der Waals surface area contributed by atoms with Gasteiger partial charge in [0.25, 0.3) is 0 Å². The third-order valence-electron chi connectivity index (χ3n) is 2.93. The highest BCUT2D eigenvalue weighted by molar-refractivity contribution is 6.35. The van der Waals surface area contributed by atoms with Crippen LogP contribution in [0.5, 0.6) is 17.4 Å². The van der Waals surface area contributed by atoms with Gasteiger partial charge in [0.2, 0.25) is 5.88 Å². The topological polar surface area (TPSA) is 57.7 Å². The Bertz CT molecular complexity index is 801. The Balaban J connectivity index is 2.11. The van der Waals surface area contributed by atoms with Gasteiger partial charge < -0.3 is 14.2 Å². The van der Waals surface area contributed by atoms with Crippen molar-refractivity contribution in [2.75, 3.05) is 7.11 Å². The SMILES string of the molecule is COC(F)(C(=O)Oc1ccc(Oc2ncc(Cl)cc2Cl)cc1)C(F)(F)F. The molecule has 2 rings (SSSR count). The largest absolute Gasteiger partial charge is 0.460 e. The maximum absolute atomic E-state index is 13.7. The van der Waals surface area contributed by atoms with Crippen molar-refractivity contribution >= 4 is 29.2 Å². The summed E-state index contributed by atoms with van der Waals surface area (Å²) in [6, 6.07) is 6.06. The molecule has 0 amide bonds. The summed E-state index contributed by atoms with van der Waals surface area (Å²) >= 11 is 11.6. The van der Waals surface area contributed by atoms with E-state index in [0.29, 0.717) is 12.1 Å². The van der Waals surface area contributed by atoms with Gasteiger partial charge in [-0.15, -0.1) is 0 Å². The minimum Gasteiger partial charge on any atom is -0.438 e. The van der Waals surface area contributed by atoms with E-state index < -0.39 is 18.0 Å². The summed E-state index contributed by atoms with van der Waals surface area (Å²) < 4.78 is 64.8. The lowest BCUT2D eigenvalue weighted by Crippen LogP contribution is -2.51. The number of rotatable bonds is 5. The number of halogens is 6. The summed E-state index contributed by atoms with van der Waals surface area (Å²) in [5, 5.41) is 0.419. The number of hydrogen-bond acceptors (Lipinski definition) is 5. The Kier molecular flexibility index (Phi) is 5.94. The van der Waals surface area contributed by atoms with Gasteiger partial charge in [-0.3, -0.25) is 0 Å². The summed E-state index contributed by atoms with van der Waals surface area (Å²) in [6.07, 6.45) is -4.31. The van der Waals surface area contributed by atoms with Gasteiger partial charge in [0, 0.05) is 13.3 Å². The highest BCUT2D eigenvalue weighted by atomic mass is 35.5. The fraction of sp³-hybridized carbons (Fsp3) is 0.200. The van der Waals surface area contributed by atoms with Crippen LogP contribution in [0.25, 0.3) is 0 Å². The van der Waals surface area contributed by atoms with Gasteiger partial charge in [-0.2, -0.15) is 17.6 Å². The first-order valence-corrected chi connectivity index (χ1v) is 7.44. The van der Waals surface area contributed by atoms with E-state index in [-0.39, 0.29) is 22.4 Å². The van der Waals surface area contributed by atoms with Gasteiger partial charge in [-0.25, -0.2) is 9.78 Å². The molecular weight excluding hydrogens is 405 g/mol. The number of hydrogen-bond donors (Lipinski definition) is 0. The number of methoxy groups -OCH3 is 1. The van der Waals surface area contributed by atoms with Gasteiger partial charge in [-0.05, 0) is 30.3 Å². The zero-order valence-electron chi connectivity index (χ0n) is 12.8. The minimum absolute atomic E-state index is 0.0278. The molecule has 1 aromatic heterocycles. The molecule has 2 aromatic rings. The first-order chi connectivity index (χ1) is 12.1. The van der Waals surface area contributed by atoms with Crippen LogP contribution in [-0.4, -0.2) is 30.1 Å². The van der Waals surface area contributed by atoms with Gasteiger partial charge >= 0.3 is 18.0 Å². The highest BCUT2D eigenvalue weighted by Gasteiger charge is 2.64. The first kappa shape index (κ1) is 20.2. The summed E-state index contributed by atoms with van der Waals surface area (Å²) in [5.41, 5.74) is 0. The van der Waals surface area contributed by atoms with Crippen molar-refractivity contribution in [1.29, 1.82) is 0 Å². The number of carbonyl (C=O) groups excluding carboxylic acids is 1. The van der Waals surface area contributed by atoms with E-state index in [2.05, 4.69) is 14.5 Å². The van der Waals surface area contributed by atoms with Crippen LogP contribution in [0.1, 0.15) is 0 Å². The zero-order valence-corrected chi connectivity index (χ0v) is 14.3. The van der Waals surface area contributed by atoms with Crippen molar-refractivity contribution in [2.45, 2.75) is 12.0 Å². The normalized spacial score (nSPS) is 13.8. The van der Waals surface area contributed by atoms with E-state index in [4.69, 9.17) is 27.9 Å². The summed E-state index contributed by atoms with van der Waals surface area (Å²) in [5.74, 6) is -7.00. The van der Waals surface area contributed by atoms with Crippen LogP contribution in [0.15, 0.2) is 36.5 Å². The number of pyridine rings is 1. The molecule has 0 saturated heterocycles. The van der Waals surface area contributed by atoms with Crippen molar-refractivity contribution in [1.82, 2.24) is 4.98 Å². The Morgan fingerprint density at radius 2 is 1.65 bits per heavy atom. The molecule has 0 aliphatic rings. The van der Waals surface area contributed by atoms with Gasteiger partial charge in [0.15, 0.2) is 0 Å². The van der Waals surface area contributed by atoms with Gasteiger partial charge in [0.05, 0.1) is 5.02 Å². The summed E-state index contributed by atoms with van der Waals surface area (Å²) in [6.45, 7) is 0. The first-order valence-electron chi connectivity index (χ1n) is 6.69. The third-order valence-corrected chi connectivity index (χ3v) is 3.41. The molecule has 1 atom stereocenters. The fourth-order valence-electron chi connectivity index (χ4n) is 1.65. The van der Waals surface area contributed by atoms with Crippen LogP contribution in [0.2, 0.25) is 10.0 Å². The quantitative estimate of drug-likeness (QED) is 0.393. The van der Waals surface area contributed by atoms with Gasteiger partial charge in [-0.1, -0.05) is 23.2 Å². The average Bonchev–Trinajstić information content (AvgIpc) is 2.57. The number of esters is 1. The van der Waals surface area contributed by atoms with Crippen LogP contribution in [0, 0.1) is 0 Å². The molecule has 0 aliphatic heterocycles. The second kappa shape index (κ2) is 7.65. The lowest BCUT2D eigenvalue weighted by atomic mass is 10.3. The molecular formula is C15H9Cl2F4NO4. The number of aromatic nitrogens is 1. The van der Waals surface area contributed by atoms with Crippen molar-refractivity contribution in [3.05, 3.63) is 46.6 Å². The molecule has 1 heterocycles. The van der Waals surface area contributed by atoms with E-state index in [1.54, 1.807) is 0 Å². The monoisotopic (exact) mass is 413 g/mol. The lowest BCUT2D eigenvalue weighted by Gasteiger charge is -2.23. The fourth-order valence-corrected chi connectivity index (χ4v) is 2.07. The smallest absolute Gasteiger partial charge is 0.438 e. The second-order valence-electron chi connectivity index (χ2n) is 4.70. The predicted molar refractivity (Wildman–Crippen MR) is 83.3 cm³/mol. The number of alkyl halides is 4. The number of ether oxygens (including phenoxy) is 3. The van der Waals surface area contributed by atoms with Crippen molar-refractivity contribution in [3.63, 3.8) is 0 Å². The molecule has 0 spiro atoms. The van der Waals surface area contributed by atoms with E-state index in [9.17, 15) is 22.4 Å². The van der Waals surface area contributed by atoms with Crippen LogP contribution in [0.3, 0.4) is 0 Å². The molecule has 11 heteroatoms. The van der Waals surface area contributed by atoms with E-state index in [0.717, 1.165) is 12.1 Å². The second-order valence-corrected chi connectivity index (χ2v) is 5.54. The molecule has 0 aliphatic carbocycles. The number of benzene rings is 1. The summed E-state index contributed by atoms with van der Waals surface area (Å²) in [4.78, 5) is 15.3. The van der Waals surface area contributed by atoms with Gasteiger partial charge in [0.1, 0.15) is 16.5 Å². The molecule has 0 radical (unpaired) electrons. The van der Waals surface area contributed by atoms with E-state index in [1.165, 1.54) is 24.4 Å². The number of nitrogens with zero attached hydrogens (tertiary/aromatic N) is 1. The maximum Gasteiger partial charge on any atom is 0.460 e. The standard InChI is InChI=1S/C15H9Cl2F4NO4/c1-24-14(18,15(19,20)21)13(23)26-10-4-2-9(3-5-10)25-12-11(17)6-8(16)7-22-12/h2-7H,1H3. The van der Waals surface area contributed by atoms with Crippen molar-refractivity contribution in [2.24, 2.45) is 0 Å². The molecule has 1 aromatic carbocycles. The highest BCUT2D eigenvalue weighted by Crippen LogP contribution is 2.36. The zero-order chi connectivity index (χ0) is 19.5. The number of carbonyl (C=O) groups is 1. The molecule has 140 valence electrons. The lowest BCUT2D eigenvalue weighted by molar-refractivity contribution is -0.313. The minimum atomic E-state index is -5.60. The molecule has 0 bridgehead atoms. The predicted octanol–water partition coefficient (Wildman–Crippen LogP) is 4.96. The Morgan fingerprint density at radius 3 is 2.15 bits per heavy atom. The average molecular weight is 414 g/mol. The maximum atomic E-state index is 13.7. The molecule has 0 saturated carbocycles. The van der Waals surface area contributed by atoms with Crippen molar-refractivity contribution < 1.29 is 36.6 Å². The Hall–Kier alpha value is -2.10. The van der Waals surface area contributed by atoms with Crippen LogP contribution in [-0.2, 0) is 9.53 Å². The molecule has 5 nitrogen and oxygen atoms in total. The van der Waals surface area contributed by atoms with E-state index in [1.807, 2.05) is 0 Å². The van der Waals surface area contributed by atoms with E-state index >= 15 is 0 Å². The van der Waals surface area contributed by atoms with Crippen LogP contribution >= 0.6 is 23.2 Å². The molecule has 26 heavy (non-hydrogen) atoms. The van der Waals surface area contributed by atoms with Crippen molar-refractivity contribution in [3.8, 4) is 17.4 Å².